The first-order chi connectivity index (χ1) is 17.1. The fourth-order valence-corrected chi connectivity index (χ4v) is 10.1. The fourth-order valence-electron chi connectivity index (χ4n) is 6.52. The minimum atomic E-state index is -2.78. The summed E-state index contributed by atoms with van der Waals surface area (Å²) in [6, 6.07) is 20.7. The Kier molecular flexibility index (Phi) is 10.2. The quantitative estimate of drug-likeness (QED) is 0.221. The molecule has 35 heavy (non-hydrogen) atoms. The van der Waals surface area contributed by atoms with Crippen molar-refractivity contribution in [1.29, 1.82) is 0 Å². The molecule has 1 nitrogen and oxygen atoms in total. The minimum absolute atomic E-state index is 0.203. The van der Waals surface area contributed by atoms with Crippen LogP contribution in [0.1, 0.15) is 89.0 Å². The first-order valence-electron chi connectivity index (χ1n) is 14.3. The van der Waals surface area contributed by atoms with E-state index in [1.807, 2.05) is 12.1 Å². The van der Waals surface area contributed by atoms with Crippen LogP contribution in [0.2, 0.25) is 18.1 Å². The number of unbranched alkanes of at least 4 members (excludes halogenated alkanes) is 2. The highest BCUT2D eigenvalue weighted by atomic mass is 28.3. The highest BCUT2D eigenvalue weighted by Crippen LogP contribution is 2.40. The molecule has 1 aliphatic heterocycles. The van der Waals surface area contributed by atoms with Gasteiger partial charge in [0.1, 0.15) is 5.75 Å². The molecule has 192 valence electrons. The highest BCUT2D eigenvalue weighted by molar-refractivity contribution is 6.58. The third-order valence-corrected chi connectivity index (χ3v) is 12.3. The van der Waals surface area contributed by atoms with Crippen molar-refractivity contribution in [2.45, 2.75) is 108 Å². The van der Waals surface area contributed by atoms with E-state index in [1.54, 1.807) is 43.1 Å². The Hall–Kier alpha value is -1.68. The molecule has 0 bridgehead atoms. The number of ether oxygens (including phenoxy) is 1. The minimum Gasteiger partial charge on any atom is -0.435 e. The lowest BCUT2D eigenvalue weighted by Gasteiger charge is -2.32. The van der Waals surface area contributed by atoms with Crippen LogP contribution in [0.4, 0.5) is 8.78 Å². The van der Waals surface area contributed by atoms with Crippen molar-refractivity contribution in [2.75, 3.05) is 0 Å². The summed E-state index contributed by atoms with van der Waals surface area (Å²) in [6.45, 7) is -0.459. The van der Waals surface area contributed by atoms with E-state index in [2.05, 4.69) is 35.9 Å². The lowest BCUT2D eigenvalue weighted by atomic mass is 9.76. The average Bonchev–Trinajstić information content (AvgIpc) is 2.89. The zero-order valence-corrected chi connectivity index (χ0v) is 22.7. The van der Waals surface area contributed by atoms with Gasteiger partial charge < -0.3 is 4.74 Å². The van der Waals surface area contributed by atoms with Crippen LogP contribution in [0.5, 0.6) is 5.75 Å². The molecule has 0 radical (unpaired) electrons. The van der Waals surface area contributed by atoms with Gasteiger partial charge in [-0.15, -0.1) is 0 Å². The van der Waals surface area contributed by atoms with Gasteiger partial charge in [-0.1, -0.05) is 106 Å². The first-order valence-corrected chi connectivity index (χ1v) is 16.7. The molecule has 0 aromatic heterocycles. The number of hydrogen-bond donors (Lipinski definition) is 0. The lowest BCUT2D eigenvalue weighted by Crippen LogP contribution is -2.22. The van der Waals surface area contributed by atoms with E-state index in [4.69, 9.17) is 0 Å². The number of benzene rings is 2. The van der Waals surface area contributed by atoms with Gasteiger partial charge in [0.25, 0.3) is 0 Å². The molecule has 2 aromatic rings. The molecule has 1 saturated heterocycles. The summed E-state index contributed by atoms with van der Waals surface area (Å²) in [4.78, 5) is 0. The molecule has 0 unspecified atom stereocenters. The Morgan fingerprint density at radius 2 is 1.34 bits per heavy atom. The van der Waals surface area contributed by atoms with Crippen LogP contribution in [-0.4, -0.2) is 15.4 Å². The molecule has 0 atom stereocenters. The van der Waals surface area contributed by atoms with E-state index in [0.717, 1.165) is 23.0 Å². The van der Waals surface area contributed by atoms with Crippen LogP contribution < -0.4 is 4.74 Å². The number of alkyl halides is 2. The Morgan fingerprint density at radius 1 is 0.771 bits per heavy atom. The summed E-state index contributed by atoms with van der Waals surface area (Å²) >= 11 is 0. The third kappa shape index (κ3) is 8.16. The highest BCUT2D eigenvalue weighted by Gasteiger charge is 2.25. The summed E-state index contributed by atoms with van der Waals surface area (Å²) in [5.74, 6) is 2.87. The van der Waals surface area contributed by atoms with Crippen molar-refractivity contribution >= 4 is 8.80 Å². The van der Waals surface area contributed by atoms with Crippen molar-refractivity contribution in [2.24, 2.45) is 11.8 Å². The normalized spacial score (nSPS) is 25.0. The molecule has 0 N–H and O–H groups in total. The van der Waals surface area contributed by atoms with E-state index in [-0.39, 0.29) is 14.5 Å². The van der Waals surface area contributed by atoms with Crippen LogP contribution in [0.25, 0.3) is 11.1 Å². The molecule has 0 spiro atoms. The zero-order valence-electron chi connectivity index (χ0n) is 21.6. The molecule has 4 heteroatoms. The van der Waals surface area contributed by atoms with E-state index in [9.17, 15) is 8.78 Å². The van der Waals surface area contributed by atoms with E-state index in [0.29, 0.717) is 5.92 Å². The molecular formula is C31H44F2OSi. The van der Waals surface area contributed by atoms with Gasteiger partial charge in [0.05, 0.1) is 0 Å². The van der Waals surface area contributed by atoms with Crippen molar-refractivity contribution in [1.82, 2.24) is 0 Å². The molecule has 2 fully saturated rings. The van der Waals surface area contributed by atoms with Crippen LogP contribution >= 0.6 is 0 Å². The Morgan fingerprint density at radius 3 is 1.91 bits per heavy atom. The smallest absolute Gasteiger partial charge is 0.387 e. The Balaban J connectivity index is 1.17. The number of hydrogen-bond acceptors (Lipinski definition) is 1. The number of halogens is 2. The second kappa shape index (κ2) is 13.6. The monoisotopic (exact) mass is 498 g/mol. The Labute approximate surface area is 213 Å². The largest absolute Gasteiger partial charge is 0.435 e. The van der Waals surface area contributed by atoms with Gasteiger partial charge in [0, 0.05) is 8.80 Å². The van der Waals surface area contributed by atoms with Gasteiger partial charge in [-0.05, 0) is 72.3 Å². The Bertz CT molecular complexity index is 851. The molecule has 1 saturated carbocycles. The summed E-state index contributed by atoms with van der Waals surface area (Å²) < 4.78 is 29.2. The average molecular weight is 499 g/mol. The van der Waals surface area contributed by atoms with Crippen molar-refractivity contribution in [3.8, 4) is 16.9 Å². The molecular weight excluding hydrogens is 454 g/mol. The van der Waals surface area contributed by atoms with Crippen LogP contribution in [-0.2, 0) is 0 Å². The molecule has 1 heterocycles. The van der Waals surface area contributed by atoms with Gasteiger partial charge in [-0.3, -0.25) is 0 Å². The standard InChI is InChI=1S/C31H44F2OSi/c1-2-3-4-21-35-22-19-25(20-23-35)6-5-24-7-9-26(10-8-24)27-11-13-28(14-12-27)29-15-17-30(18-16-29)34-31(32)33/h11-18,24-26,31,35H,2-10,19-23H2,1H3/t24-,25?,26-,35?. The maximum absolute atomic E-state index is 12.4. The first kappa shape index (κ1) is 26.4. The fraction of sp³-hybridized carbons (Fsp3) is 0.613. The third-order valence-electron chi connectivity index (χ3n) is 8.81. The van der Waals surface area contributed by atoms with Crippen molar-refractivity contribution < 1.29 is 13.5 Å². The van der Waals surface area contributed by atoms with E-state index < -0.39 is 6.61 Å². The number of rotatable bonds is 11. The summed E-state index contributed by atoms with van der Waals surface area (Å²) in [5, 5.41) is 0. The predicted octanol–water partition coefficient (Wildman–Crippen LogP) is 9.84. The maximum atomic E-state index is 12.4. The van der Waals surface area contributed by atoms with Gasteiger partial charge in [0.2, 0.25) is 0 Å². The summed E-state index contributed by atoms with van der Waals surface area (Å²) in [5.41, 5.74) is 3.60. The topological polar surface area (TPSA) is 9.23 Å². The second-order valence-electron chi connectivity index (χ2n) is 11.2. The van der Waals surface area contributed by atoms with Crippen LogP contribution in [0.3, 0.4) is 0 Å². The molecule has 2 aliphatic rings. The summed E-state index contributed by atoms with van der Waals surface area (Å²) in [6.07, 6.45) is 15.8. The van der Waals surface area contributed by atoms with Gasteiger partial charge >= 0.3 is 6.61 Å². The predicted molar refractivity (Wildman–Crippen MR) is 146 cm³/mol. The van der Waals surface area contributed by atoms with Crippen molar-refractivity contribution in [3.05, 3.63) is 54.1 Å². The van der Waals surface area contributed by atoms with Crippen molar-refractivity contribution in [3.63, 3.8) is 0 Å². The van der Waals surface area contributed by atoms with E-state index >= 15 is 0 Å². The molecule has 1 aliphatic carbocycles. The molecule has 0 amide bonds. The molecule has 2 aromatic carbocycles. The SMILES string of the molecule is CCCCC[SiH]1CCC(CC[C@H]2CC[C@H](c3ccc(-c4ccc(OC(F)F)cc4)cc3)CC2)CC1. The van der Waals surface area contributed by atoms with Gasteiger partial charge in [-0.25, -0.2) is 0 Å². The second-order valence-corrected chi connectivity index (χ2v) is 14.7. The summed E-state index contributed by atoms with van der Waals surface area (Å²) in [7, 11) is -0.363. The van der Waals surface area contributed by atoms with E-state index in [1.165, 1.54) is 63.4 Å². The van der Waals surface area contributed by atoms with Gasteiger partial charge in [0.15, 0.2) is 0 Å². The van der Waals surface area contributed by atoms with Crippen LogP contribution in [0.15, 0.2) is 48.5 Å². The lowest BCUT2D eigenvalue weighted by molar-refractivity contribution is -0.0498. The van der Waals surface area contributed by atoms with Gasteiger partial charge in [-0.2, -0.15) is 8.78 Å². The maximum Gasteiger partial charge on any atom is 0.387 e. The zero-order chi connectivity index (χ0) is 24.5. The van der Waals surface area contributed by atoms with Crippen LogP contribution in [0, 0.1) is 11.8 Å². The molecule has 4 rings (SSSR count).